The summed E-state index contributed by atoms with van der Waals surface area (Å²) in [6, 6.07) is 0. The molecule has 0 radical (unpaired) electrons. The molecule has 0 spiro atoms. The van der Waals surface area contributed by atoms with Crippen LogP contribution in [-0.2, 0) is 0 Å². The molecule has 2 aromatic heterocycles. The third-order valence-electron chi connectivity index (χ3n) is 2.10. The Balaban J connectivity index is 2.71. The van der Waals surface area contributed by atoms with Crippen LogP contribution in [0.2, 0.25) is 0 Å². The van der Waals surface area contributed by atoms with Crippen molar-refractivity contribution in [2.75, 3.05) is 0 Å². The summed E-state index contributed by atoms with van der Waals surface area (Å²) >= 11 is 0. The number of fused-ring (bicyclic) bond motifs is 1. The highest BCUT2D eigenvalue weighted by molar-refractivity contribution is 5.68. The summed E-state index contributed by atoms with van der Waals surface area (Å²) in [4.78, 5) is 16.9. The van der Waals surface area contributed by atoms with Gasteiger partial charge in [-0.15, -0.1) is 0 Å². The fraction of sp³-hybridized carbons (Fsp3) is 0.400. The summed E-state index contributed by atoms with van der Waals surface area (Å²) in [7, 11) is 0. The van der Waals surface area contributed by atoms with Gasteiger partial charge in [-0.1, -0.05) is 13.8 Å². The van der Waals surface area contributed by atoms with Gasteiger partial charge in [0, 0.05) is 0 Å². The number of rotatable bonds is 1. The lowest BCUT2D eigenvalue weighted by Gasteiger charge is -2.07. The van der Waals surface area contributed by atoms with E-state index in [1.807, 2.05) is 6.92 Å². The molecule has 0 saturated heterocycles. The van der Waals surface area contributed by atoms with Gasteiger partial charge in [0.15, 0.2) is 5.65 Å². The molecule has 0 bridgehead atoms. The lowest BCUT2D eigenvalue weighted by Crippen LogP contribution is -2.01. The molecule has 0 saturated carbocycles. The van der Waals surface area contributed by atoms with E-state index < -0.39 is 0 Å². The predicted octanol–water partition coefficient (Wildman–Crippen LogP) is 1.85. The molecule has 0 atom stereocenters. The maximum atomic E-state index is 4.46. The molecule has 0 amide bonds. The zero-order valence-electron chi connectivity index (χ0n) is 8.52. The smallest absolute Gasteiger partial charge is 0.181 e. The monoisotopic (exact) mass is 188 g/mol. The minimum absolute atomic E-state index is 0.377. The first-order chi connectivity index (χ1) is 6.68. The van der Waals surface area contributed by atoms with E-state index in [0.29, 0.717) is 11.6 Å². The average molecular weight is 188 g/mol. The fourth-order valence-electron chi connectivity index (χ4n) is 1.46. The Morgan fingerprint density at radius 3 is 2.71 bits per heavy atom. The first kappa shape index (κ1) is 8.99. The summed E-state index contributed by atoms with van der Waals surface area (Å²) in [5, 5.41) is 0. The van der Waals surface area contributed by atoms with Gasteiger partial charge in [-0.25, -0.2) is 19.9 Å². The molecule has 0 aliphatic heterocycles. The van der Waals surface area contributed by atoms with E-state index in [1.54, 1.807) is 6.20 Å². The second-order valence-corrected chi connectivity index (χ2v) is 3.58. The van der Waals surface area contributed by atoms with Crippen LogP contribution < -0.4 is 0 Å². The van der Waals surface area contributed by atoms with Gasteiger partial charge in [-0.3, -0.25) is 0 Å². The zero-order valence-corrected chi connectivity index (χ0v) is 8.52. The van der Waals surface area contributed by atoms with Crippen molar-refractivity contribution in [3.05, 3.63) is 23.9 Å². The van der Waals surface area contributed by atoms with Gasteiger partial charge in [-0.2, -0.15) is 0 Å². The third kappa shape index (κ3) is 1.43. The van der Waals surface area contributed by atoms with Crippen LogP contribution in [0.1, 0.15) is 31.2 Å². The van der Waals surface area contributed by atoms with Gasteiger partial charge in [0.25, 0.3) is 0 Å². The van der Waals surface area contributed by atoms with Gasteiger partial charge >= 0.3 is 0 Å². The van der Waals surface area contributed by atoms with Crippen molar-refractivity contribution in [1.29, 1.82) is 0 Å². The predicted molar refractivity (Wildman–Crippen MR) is 54.0 cm³/mol. The molecule has 72 valence electrons. The van der Waals surface area contributed by atoms with Crippen molar-refractivity contribution in [1.82, 2.24) is 19.9 Å². The molecule has 2 heterocycles. The Labute approximate surface area is 82.5 Å². The fourth-order valence-corrected chi connectivity index (χ4v) is 1.46. The summed E-state index contributed by atoms with van der Waals surface area (Å²) in [6.07, 6.45) is 3.18. The van der Waals surface area contributed by atoms with E-state index in [0.717, 1.165) is 16.9 Å². The summed E-state index contributed by atoms with van der Waals surface area (Å²) < 4.78 is 0. The lowest BCUT2D eigenvalue weighted by molar-refractivity contribution is 0.803. The molecule has 0 aliphatic carbocycles. The number of aromatic nitrogens is 4. The maximum Gasteiger partial charge on any atom is 0.181 e. The van der Waals surface area contributed by atoms with E-state index in [4.69, 9.17) is 0 Å². The van der Waals surface area contributed by atoms with E-state index in [1.165, 1.54) is 6.33 Å². The Bertz CT molecular complexity index is 465. The highest BCUT2D eigenvalue weighted by atomic mass is 15.0. The van der Waals surface area contributed by atoms with Gasteiger partial charge in [-0.05, 0) is 12.8 Å². The second kappa shape index (κ2) is 3.29. The van der Waals surface area contributed by atoms with Crippen molar-refractivity contribution < 1.29 is 0 Å². The van der Waals surface area contributed by atoms with Gasteiger partial charge in [0.2, 0.25) is 0 Å². The minimum atomic E-state index is 0.377. The quantitative estimate of drug-likeness (QED) is 0.685. The first-order valence-corrected chi connectivity index (χ1v) is 4.62. The van der Waals surface area contributed by atoms with E-state index >= 15 is 0 Å². The van der Waals surface area contributed by atoms with Crippen LogP contribution in [0.4, 0.5) is 0 Å². The zero-order chi connectivity index (χ0) is 10.1. The van der Waals surface area contributed by atoms with Crippen molar-refractivity contribution >= 4 is 11.2 Å². The molecule has 0 unspecified atom stereocenters. The summed E-state index contributed by atoms with van der Waals surface area (Å²) in [5.74, 6) is 0.377. The highest BCUT2D eigenvalue weighted by Gasteiger charge is 2.08. The van der Waals surface area contributed by atoms with E-state index in [-0.39, 0.29) is 0 Å². The molecular formula is C10H12N4. The molecule has 0 fully saturated rings. The highest BCUT2D eigenvalue weighted by Crippen LogP contribution is 2.16. The van der Waals surface area contributed by atoms with Gasteiger partial charge in [0.05, 0.1) is 17.6 Å². The first-order valence-electron chi connectivity index (χ1n) is 4.62. The van der Waals surface area contributed by atoms with Crippen molar-refractivity contribution in [2.24, 2.45) is 0 Å². The minimum Gasteiger partial charge on any atom is -0.246 e. The summed E-state index contributed by atoms with van der Waals surface area (Å²) in [6.45, 7) is 6.17. The van der Waals surface area contributed by atoms with Crippen LogP contribution in [0.5, 0.6) is 0 Å². The number of aryl methyl sites for hydroxylation is 1. The van der Waals surface area contributed by atoms with Crippen molar-refractivity contribution in [3.8, 4) is 0 Å². The SMILES string of the molecule is Cc1nc2cncnc2nc1C(C)C. The molecule has 0 aromatic carbocycles. The normalized spacial score (nSPS) is 11.1. The van der Waals surface area contributed by atoms with Crippen LogP contribution in [0.25, 0.3) is 11.2 Å². The van der Waals surface area contributed by atoms with Crippen LogP contribution in [0.3, 0.4) is 0 Å². The molecule has 4 heteroatoms. The second-order valence-electron chi connectivity index (χ2n) is 3.58. The molecule has 2 aromatic rings. The number of nitrogens with zero attached hydrogens (tertiary/aromatic N) is 4. The maximum absolute atomic E-state index is 4.46. The van der Waals surface area contributed by atoms with E-state index in [9.17, 15) is 0 Å². The number of hydrogen-bond donors (Lipinski definition) is 0. The van der Waals surface area contributed by atoms with Gasteiger partial charge in [0.1, 0.15) is 11.8 Å². The molecule has 4 nitrogen and oxygen atoms in total. The van der Waals surface area contributed by atoms with E-state index in [2.05, 4.69) is 33.8 Å². The number of hydrogen-bond acceptors (Lipinski definition) is 4. The largest absolute Gasteiger partial charge is 0.246 e. The van der Waals surface area contributed by atoms with Gasteiger partial charge < -0.3 is 0 Å². The van der Waals surface area contributed by atoms with Crippen LogP contribution in [0.15, 0.2) is 12.5 Å². The van der Waals surface area contributed by atoms with Crippen LogP contribution in [0, 0.1) is 6.92 Å². The molecule has 0 N–H and O–H groups in total. The van der Waals surface area contributed by atoms with Crippen LogP contribution >= 0.6 is 0 Å². The Kier molecular flexibility index (Phi) is 2.11. The Hall–Kier alpha value is -1.58. The topological polar surface area (TPSA) is 51.6 Å². The molecular weight excluding hydrogens is 176 g/mol. The standard InChI is InChI=1S/C10H12N4/c1-6(2)9-7(3)13-8-4-11-5-12-10(8)14-9/h4-6H,1-3H3. The summed E-state index contributed by atoms with van der Waals surface area (Å²) in [5.41, 5.74) is 3.40. The molecule has 0 aliphatic rings. The molecule has 14 heavy (non-hydrogen) atoms. The Morgan fingerprint density at radius 2 is 2.00 bits per heavy atom. The third-order valence-corrected chi connectivity index (χ3v) is 2.10. The van der Waals surface area contributed by atoms with Crippen LogP contribution in [-0.4, -0.2) is 19.9 Å². The Morgan fingerprint density at radius 1 is 1.21 bits per heavy atom. The average Bonchev–Trinajstić information content (AvgIpc) is 2.16. The lowest BCUT2D eigenvalue weighted by atomic mass is 10.1. The molecule has 2 rings (SSSR count). The van der Waals surface area contributed by atoms with Crippen molar-refractivity contribution in [3.63, 3.8) is 0 Å². The van der Waals surface area contributed by atoms with Crippen molar-refractivity contribution in [2.45, 2.75) is 26.7 Å².